The quantitative estimate of drug-likeness (QED) is 0.746. The van der Waals surface area contributed by atoms with Crippen LogP contribution in [0.3, 0.4) is 0 Å². The minimum Gasteiger partial charge on any atom is -0.496 e. The molecule has 1 aromatic rings. The van der Waals surface area contributed by atoms with Crippen LogP contribution in [0.15, 0.2) is 24.8 Å². The van der Waals surface area contributed by atoms with E-state index in [4.69, 9.17) is 9.84 Å². The number of methoxy groups -OCH3 is 1. The lowest BCUT2D eigenvalue weighted by Crippen LogP contribution is -1.98. The number of rotatable bonds is 3. The van der Waals surface area contributed by atoms with Gasteiger partial charge in [0.2, 0.25) is 0 Å². The first-order chi connectivity index (χ1) is 6.56. The van der Waals surface area contributed by atoms with Gasteiger partial charge in [0, 0.05) is 0 Å². The first kappa shape index (κ1) is 10.3. The Hall–Kier alpha value is -1.77. The molecule has 0 amide bonds. The second-order valence-corrected chi connectivity index (χ2v) is 2.97. The number of benzene rings is 1. The van der Waals surface area contributed by atoms with Gasteiger partial charge in [0.25, 0.3) is 0 Å². The molecule has 0 aliphatic rings. The maximum Gasteiger partial charge on any atom is 0.335 e. The molecule has 74 valence electrons. The van der Waals surface area contributed by atoms with Crippen molar-refractivity contribution in [1.29, 1.82) is 0 Å². The highest BCUT2D eigenvalue weighted by molar-refractivity contribution is 6.14. The van der Waals surface area contributed by atoms with Crippen molar-refractivity contribution in [3.05, 3.63) is 35.9 Å². The Bertz CT molecular complexity index is 380. The fraction of sp³-hybridized carbons (Fsp3) is 0.182. The molecule has 0 spiro atoms. The second-order valence-electron chi connectivity index (χ2n) is 2.97. The third kappa shape index (κ3) is 1.93. The Kier molecular flexibility index (Phi) is 2.92. The van der Waals surface area contributed by atoms with Gasteiger partial charge in [-0.3, -0.25) is 0 Å². The van der Waals surface area contributed by atoms with Crippen LogP contribution in [0.2, 0.25) is 0 Å². The molecule has 0 unspecified atom stereocenters. The van der Waals surface area contributed by atoms with Crippen molar-refractivity contribution in [2.24, 2.45) is 0 Å². The van der Waals surface area contributed by atoms with E-state index in [1.807, 2.05) is 6.92 Å². The average Bonchev–Trinajstić information content (AvgIpc) is 2.16. The van der Waals surface area contributed by atoms with Crippen LogP contribution in [0.1, 0.15) is 11.1 Å². The van der Waals surface area contributed by atoms with Crippen LogP contribution < -0.4 is 4.74 Å². The van der Waals surface area contributed by atoms with Gasteiger partial charge < -0.3 is 9.84 Å². The molecular weight excluding hydrogens is 180 g/mol. The highest BCUT2D eigenvalue weighted by Crippen LogP contribution is 2.22. The monoisotopic (exact) mass is 192 g/mol. The van der Waals surface area contributed by atoms with Crippen LogP contribution in [0.5, 0.6) is 5.75 Å². The minimum absolute atomic E-state index is 0.0933. The van der Waals surface area contributed by atoms with Gasteiger partial charge in [-0.25, -0.2) is 4.79 Å². The molecule has 0 radical (unpaired) electrons. The van der Waals surface area contributed by atoms with E-state index >= 15 is 0 Å². The summed E-state index contributed by atoms with van der Waals surface area (Å²) in [7, 11) is 1.58. The zero-order valence-corrected chi connectivity index (χ0v) is 8.20. The molecule has 14 heavy (non-hydrogen) atoms. The van der Waals surface area contributed by atoms with Gasteiger partial charge in [0.1, 0.15) is 5.75 Å². The van der Waals surface area contributed by atoms with Crippen LogP contribution >= 0.6 is 0 Å². The first-order valence-electron chi connectivity index (χ1n) is 4.13. The molecular formula is C11H12O3. The van der Waals surface area contributed by atoms with Crippen LogP contribution in [0.4, 0.5) is 0 Å². The predicted octanol–water partition coefficient (Wildman–Crippen LogP) is 2.10. The number of carbonyl (C=O) groups is 1. The summed E-state index contributed by atoms with van der Waals surface area (Å²) in [5.41, 5.74) is 1.60. The van der Waals surface area contributed by atoms with Crippen LogP contribution in [0.25, 0.3) is 5.57 Å². The summed E-state index contributed by atoms with van der Waals surface area (Å²) in [5.74, 6) is -0.262. The highest BCUT2D eigenvalue weighted by Gasteiger charge is 2.08. The van der Waals surface area contributed by atoms with Gasteiger partial charge in [-0.2, -0.15) is 0 Å². The molecule has 3 nitrogen and oxygen atoms in total. The van der Waals surface area contributed by atoms with E-state index in [1.54, 1.807) is 25.3 Å². The smallest absolute Gasteiger partial charge is 0.335 e. The van der Waals surface area contributed by atoms with Crippen molar-refractivity contribution < 1.29 is 14.6 Å². The van der Waals surface area contributed by atoms with Gasteiger partial charge in [-0.1, -0.05) is 12.6 Å². The first-order valence-corrected chi connectivity index (χ1v) is 4.13. The molecule has 0 aliphatic heterocycles. The van der Waals surface area contributed by atoms with E-state index in [1.165, 1.54) is 0 Å². The zero-order valence-electron chi connectivity index (χ0n) is 8.20. The van der Waals surface area contributed by atoms with Crippen LogP contribution in [-0.4, -0.2) is 18.2 Å². The SMILES string of the molecule is C=C(C(=O)O)c1ccc(OC)c(C)c1. The molecule has 0 bridgehead atoms. The Labute approximate surface area is 82.6 Å². The number of hydrogen-bond donors (Lipinski definition) is 1. The van der Waals surface area contributed by atoms with Gasteiger partial charge >= 0.3 is 5.97 Å². The summed E-state index contributed by atoms with van der Waals surface area (Å²) in [6.45, 7) is 5.34. The van der Waals surface area contributed by atoms with Gasteiger partial charge in [-0.15, -0.1) is 0 Å². The fourth-order valence-corrected chi connectivity index (χ4v) is 1.19. The summed E-state index contributed by atoms with van der Waals surface area (Å²) in [4.78, 5) is 10.6. The molecule has 0 fully saturated rings. The number of carboxylic acids is 1. The molecule has 0 saturated carbocycles. The average molecular weight is 192 g/mol. The van der Waals surface area contributed by atoms with Gasteiger partial charge in [0.15, 0.2) is 0 Å². The lowest BCUT2D eigenvalue weighted by Gasteiger charge is -2.06. The van der Waals surface area contributed by atoms with E-state index in [2.05, 4.69) is 6.58 Å². The molecule has 0 heterocycles. The van der Waals surface area contributed by atoms with E-state index in [0.717, 1.165) is 11.3 Å². The van der Waals surface area contributed by atoms with Crippen molar-refractivity contribution in [3.63, 3.8) is 0 Å². The normalized spacial score (nSPS) is 9.57. The highest BCUT2D eigenvalue weighted by atomic mass is 16.5. The minimum atomic E-state index is -1.01. The molecule has 3 heteroatoms. The number of aliphatic carboxylic acids is 1. The molecule has 0 saturated heterocycles. The molecule has 0 atom stereocenters. The summed E-state index contributed by atoms with van der Waals surface area (Å²) >= 11 is 0. The van der Waals surface area contributed by atoms with Crippen molar-refractivity contribution >= 4 is 11.5 Å². The zero-order chi connectivity index (χ0) is 10.7. The third-order valence-electron chi connectivity index (χ3n) is 2.00. The topological polar surface area (TPSA) is 46.5 Å². The molecule has 0 aliphatic carbocycles. The summed E-state index contributed by atoms with van der Waals surface area (Å²) in [6, 6.07) is 5.16. The summed E-state index contributed by atoms with van der Waals surface area (Å²) in [5, 5.41) is 8.72. The van der Waals surface area contributed by atoms with E-state index in [9.17, 15) is 4.79 Å². The molecule has 0 aromatic heterocycles. The number of hydrogen-bond acceptors (Lipinski definition) is 2. The Morgan fingerprint density at radius 1 is 1.50 bits per heavy atom. The largest absolute Gasteiger partial charge is 0.496 e. The van der Waals surface area contributed by atoms with Crippen molar-refractivity contribution in [1.82, 2.24) is 0 Å². The predicted molar refractivity (Wildman–Crippen MR) is 54.4 cm³/mol. The Morgan fingerprint density at radius 3 is 2.57 bits per heavy atom. The van der Waals surface area contributed by atoms with Crippen molar-refractivity contribution in [3.8, 4) is 5.75 Å². The third-order valence-corrected chi connectivity index (χ3v) is 2.00. The lowest BCUT2D eigenvalue weighted by molar-refractivity contribution is -0.130. The number of ether oxygens (including phenoxy) is 1. The maximum absolute atomic E-state index is 10.6. The Morgan fingerprint density at radius 2 is 2.14 bits per heavy atom. The van der Waals surface area contributed by atoms with E-state index < -0.39 is 5.97 Å². The van der Waals surface area contributed by atoms with E-state index in [-0.39, 0.29) is 5.57 Å². The van der Waals surface area contributed by atoms with Gasteiger partial charge in [-0.05, 0) is 30.2 Å². The van der Waals surface area contributed by atoms with Crippen LogP contribution in [0, 0.1) is 6.92 Å². The fourth-order valence-electron chi connectivity index (χ4n) is 1.19. The standard InChI is InChI=1S/C11H12O3/c1-7-6-9(8(2)11(12)13)4-5-10(7)14-3/h4-6H,2H2,1,3H3,(H,12,13). The molecule has 1 aromatic carbocycles. The lowest BCUT2D eigenvalue weighted by atomic mass is 10.0. The number of carboxylic acid groups (broad SMARTS) is 1. The van der Waals surface area contributed by atoms with E-state index in [0.29, 0.717) is 5.56 Å². The Balaban J connectivity index is 3.09. The van der Waals surface area contributed by atoms with Gasteiger partial charge in [0.05, 0.1) is 12.7 Å². The molecule has 1 rings (SSSR count). The van der Waals surface area contributed by atoms with Crippen molar-refractivity contribution in [2.75, 3.05) is 7.11 Å². The maximum atomic E-state index is 10.6. The second kappa shape index (κ2) is 3.96. The van der Waals surface area contributed by atoms with Crippen molar-refractivity contribution in [2.45, 2.75) is 6.92 Å². The van der Waals surface area contributed by atoms with Crippen LogP contribution in [-0.2, 0) is 4.79 Å². The molecule has 1 N–H and O–H groups in total. The summed E-state index contributed by atoms with van der Waals surface area (Å²) < 4.78 is 5.06. The number of aryl methyl sites for hydroxylation is 1. The summed E-state index contributed by atoms with van der Waals surface area (Å²) in [6.07, 6.45) is 0.